The quantitative estimate of drug-likeness (QED) is 0.147. The summed E-state index contributed by atoms with van der Waals surface area (Å²) in [7, 11) is -0.587. The Labute approximate surface area is 288 Å². The molecule has 9 heteroatoms. The first-order chi connectivity index (χ1) is 23.7. The number of carbonyl (C=O) groups excluding carboxylic acids is 2. The molecule has 2 aliphatic heterocycles. The van der Waals surface area contributed by atoms with Gasteiger partial charge in [0.25, 0.3) is 5.91 Å². The number of aromatic nitrogens is 1. The predicted octanol–water partition coefficient (Wildman–Crippen LogP) is 6.50. The number of aliphatic hydroxyl groups excluding tert-OH is 1. The Morgan fingerprint density at radius 3 is 2.55 bits per heavy atom. The smallest absolute Gasteiger partial charge is 0.264 e. The first kappa shape index (κ1) is 32.8. The van der Waals surface area contributed by atoms with Gasteiger partial charge in [-0.25, -0.2) is 0 Å². The molecule has 2 aliphatic rings. The molecule has 1 fully saturated rings. The lowest BCUT2D eigenvalue weighted by atomic mass is 9.82. The predicted molar refractivity (Wildman–Crippen MR) is 196 cm³/mol. The first-order valence-electron chi connectivity index (χ1n) is 17.0. The largest absolute Gasteiger partial charge is 0.497 e. The summed E-state index contributed by atoms with van der Waals surface area (Å²) < 4.78 is 12.4. The lowest BCUT2D eigenvalue weighted by molar-refractivity contribution is -0.146. The van der Waals surface area contributed by atoms with Gasteiger partial charge in [0.2, 0.25) is 5.91 Å². The summed E-state index contributed by atoms with van der Waals surface area (Å²) in [6.07, 6.45) is 2.31. The van der Waals surface area contributed by atoms with Crippen molar-refractivity contribution in [3.8, 4) is 5.75 Å². The maximum absolute atomic E-state index is 14.9. The van der Waals surface area contributed by atoms with E-state index >= 15 is 0 Å². The molecule has 0 aliphatic carbocycles. The molecule has 3 heterocycles. The van der Waals surface area contributed by atoms with E-state index in [0.717, 1.165) is 39.0 Å². The third kappa shape index (κ3) is 5.65. The van der Waals surface area contributed by atoms with Crippen molar-refractivity contribution in [3.05, 3.63) is 120 Å². The first-order valence-corrected chi connectivity index (χ1v) is 20.0. The van der Waals surface area contributed by atoms with Gasteiger partial charge in [0.05, 0.1) is 39.9 Å². The topological polar surface area (TPSA) is 104 Å². The number of fused-ring (bicyclic) bond motifs is 3. The normalized spacial score (nSPS) is 21.8. The molecule has 2 amide bonds. The van der Waals surface area contributed by atoms with Gasteiger partial charge in [-0.2, -0.15) is 0 Å². The fourth-order valence-corrected chi connectivity index (χ4v) is 12.5. The van der Waals surface area contributed by atoms with Crippen LogP contribution in [-0.4, -0.2) is 49.8 Å². The zero-order chi connectivity index (χ0) is 34.3. The average molecular weight is 674 g/mol. The number of hydrogen-bond donors (Lipinski definition) is 3. The fourth-order valence-electron chi connectivity index (χ4n) is 8.41. The van der Waals surface area contributed by atoms with E-state index in [-0.39, 0.29) is 42.4 Å². The molecule has 0 radical (unpaired) electrons. The Hall–Kier alpha value is -4.70. The fraction of sp³-hybridized carbons (Fsp3) is 0.300. The molecule has 3 N–H and O–H groups in total. The van der Waals surface area contributed by atoms with Crippen LogP contribution < -0.4 is 20.1 Å². The highest BCUT2D eigenvalue weighted by Crippen LogP contribution is 2.60. The van der Waals surface area contributed by atoms with Crippen LogP contribution in [0.2, 0.25) is 18.6 Å². The standard InChI is InChI=1S/C40H43N3O5Si/c1-26-38(49(3,4)31-18-16-30(47-2)17-19-31)36(20-21-44)48-40(26)33-13-6-8-15-35(33)43(39(40)46)25-27-10-9-11-29(22-27)42-37(45)23-28-24-41-34-14-7-5-12-32(28)34/h5-19,22,24,26,36,38,41,44H,20-21,23,25H2,1-4H3,(H,42,45)/t26-,36+,38-,40+/m1/s1. The summed E-state index contributed by atoms with van der Waals surface area (Å²) in [5, 5.41) is 15.5. The van der Waals surface area contributed by atoms with Crippen LogP contribution in [0.25, 0.3) is 10.9 Å². The summed E-state index contributed by atoms with van der Waals surface area (Å²) >= 11 is 0. The number of aromatic amines is 1. The Bertz CT molecular complexity index is 2010. The van der Waals surface area contributed by atoms with Gasteiger partial charge >= 0.3 is 0 Å². The molecule has 0 unspecified atom stereocenters. The number of rotatable bonds is 10. The molecule has 49 heavy (non-hydrogen) atoms. The van der Waals surface area contributed by atoms with Gasteiger partial charge in [0.15, 0.2) is 5.60 Å². The SMILES string of the molecule is COc1ccc([Si](C)(C)[C@H]2[C@H](CCO)O[C@@]3(C(=O)N(Cc4cccc(NC(=O)Cc5c[nH]c6ccccc56)c4)c4ccccc43)[C@@H]2C)cc1. The summed E-state index contributed by atoms with van der Waals surface area (Å²) in [6, 6.07) is 31.9. The molecule has 0 saturated carbocycles. The van der Waals surface area contributed by atoms with E-state index in [1.807, 2.05) is 96.0 Å². The van der Waals surface area contributed by atoms with Crippen molar-refractivity contribution in [1.82, 2.24) is 4.98 Å². The lowest BCUT2D eigenvalue weighted by Crippen LogP contribution is -2.51. The molecule has 1 saturated heterocycles. The molecule has 4 aromatic carbocycles. The number of hydrogen-bond acceptors (Lipinski definition) is 5. The number of para-hydroxylation sites is 2. The maximum Gasteiger partial charge on any atom is 0.264 e. The summed E-state index contributed by atoms with van der Waals surface area (Å²) in [4.78, 5) is 33.0. The van der Waals surface area contributed by atoms with Crippen molar-refractivity contribution in [1.29, 1.82) is 0 Å². The van der Waals surface area contributed by atoms with Crippen molar-refractivity contribution in [2.45, 2.75) is 56.7 Å². The summed E-state index contributed by atoms with van der Waals surface area (Å²) in [5.41, 5.74) is 4.13. The Kier molecular flexibility index (Phi) is 8.68. The van der Waals surface area contributed by atoms with Gasteiger partial charge < -0.3 is 29.8 Å². The molecule has 5 aromatic rings. The highest BCUT2D eigenvalue weighted by molar-refractivity contribution is 6.91. The second kappa shape index (κ2) is 13.0. The number of nitrogens with zero attached hydrogens (tertiary/aromatic N) is 1. The van der Waals surface area contributed by atoms with Gasteiger partial charge in [-0.3, -0.25) is 9.59 Å². The van der Waals surface area contributed by atoms with Crippen LogP contribution in [0.5, 0.6) is 5.75 Å². The number of amides is 2. The van der Waals surface area contributed by atoms with Gasteiger partial charge in [-0.15, -0.1) is 0 Å². The molecule has 7 rings (SSSR count). The van der Waals surface area contributed by atoms with Crippen LogP contribution in [0.3, 0.4) is 0 Å². The van der Waals surface area contributed by atoms with Crippen molar-refractivity contribution < 1.29 is 24.2 Å². The van der Waals surface area contributed by atoms with Crippen molar-refractivity contribution in [3.63, 3.8) is 0 Å². The number of ether oxygens (including phenoxy) is 2. The van der Waals surface area contributed by atoms with Crippen LogP contribution in [0.15, 0.2) is 103 Å². The van der Waals surface area contributed by atoms with E-state index in [1.165, 1.54) is 5.19 Å². The van der Waals surface area contributed by atoms with Crippen LogP contribution in [0.1, 0.15) is 30.0 Å². The summed E-state index contributed by atoms with van der Waals surface area (Å²) in [6.45, 7) is 7.14. The van der Waals surface area contributed by atoms with Crippen molar-refractivity contribution in [2.75, 3.05) is 23.9 Å². The highest BCUT2D eigenvalue weighted by Gasteiger charge is 2.66. The maximum atomic E-state index is 14.9. The molecule has 1 spiro atoms. The van der Waals surface area contributed by atoms with Gasteiger partial charge in [0.1, 0.15) is 5.75 Å². The number of nitrogens with one attached hydrogen (secondary N) is 2. The minimum absolute atomic E-state index is 0.0184. The Morgan fingerprint density at radius 2 is 1.78 bits per heavy atom. The van der Waals surface area contributed by atoms with E-state index in [9.17, 15) is 14.7 Å². The van der Waals surface area contributed by atoms with Crippen LogP contribution in [-0.2, 0) is 32.9 Å². The second-order valence-corrected chi connectivity index (χ2v) is 18.5. The number of methoxy groups -OCH3 is 1. The summed E-state index contributed by atoms with van der Waals surface area (Å²) in [5.74, 6) is 0.476. The van der Waals surface area contributed by atoms with E-state index in [0.29, 0.717) is 18.7 Å². The minimum Gasteiger partial charge on any atom is -0.497 e. The molecular weight excluding hydrogens is 631 g/mol. The van der Waals surface area contributed by atoms with Crippen LogP contribution in [0, 0.1) is 5.92 Å². The molecule has 252 valence electrons. The Morgan fingerprint density at radius 1 is 1.02 bits per heavy atom. The number of aliphatic hydroxyl groups is 1. The lowest BCUT2D eigenvalue weighted by Gasteiger charge is -2.37. The molecular formula is C40H43N3O5Si. The van der Waals surface area contributed by atoms with Crippen molar-refractivity contribution in [2.24, 2.45) is 5.92 Å². The molecule has 8 nitrogen and oxygen atoms in total. The zero-order valence-corrected chi connectivity index (χ0v) is 29.4. The van der Waals surface area contributed by atoms with E-state index in [2.05, 4.69) is 42.5 Å². The highest BCUT2D eigenvalue weighted by atomic mass is 28.3. The molecule has 1 aromatic heterocycles. The Balaban J connectivity index is 1.15. The van der Waals surface area contributed by atoms with E-state index in [1.54, 1.807) is 7.11 Å². The average Bonchev–Trinajstić information content (AvgIpc) is 3.72. The van der Waals surface area contributed by atoms with Gasteiger partial charge in [0, 0.05) is 40.9 Å². The third-order valence-corrected chi connectivity index (χ3v) is 15.1. The van der Waals surface area contributed by atoms with Gasteiger partial charge in [-0.1, -0.05) is 85.9 Å². The number of anilines is 2. The minimum atomic E-state index is -2.25. The monoisotopic (exact) mass is 673 g/mol. The van der Waals surface area contributed by atoms with Crippen molar-refractivity contribution >= 4 is 47.4 Å². The third-order valence-electron chi connectivity index (χ3n) is 10.7. The molecule has 4 atom stereocenters. The van der Waals surface area contributed by atoms with Crippen LogP contribution >= 0.6 is 0 Å². The number of benzene rings is 4. The van der Waals surface area contributed by atoms with E-state index < -0.39 is 13.7 Å². The van der Waals surface area contributed by atoms with Crippen LogP contribution in [0.4, 0.5) is 11.4 Å². The number of carbonyl (C=O) groups is 2. The number of H-pyrrole nitrogens is 1. The van der Waals surface area contributed by atoms with E-state index in [4.69, 9.17) is 9.47 Å². The molecule has 0 bridgehead atoms. The second-order valence-electron chi connectivity index (χ2n) is 13.9. The zero-order valence-electron chi connectivity index (χ0n) is 28.4. The van der Waals surface area contributed by atoms with Gasteiger partial charge in [-0.05, 0) is 59.5 Å².